The summed E-state index contributed by atoms with van der Waals surface area (Å²) in [7, 11) is 3.32. The molecule has 0 aliphatic carbocycles. The highest BCUT2D eigenvalue weighted by Gasteiger charge is 2.26. The van der Waals surface area contributed by atoms with Crippen LogP contribution in [0, 0.1) is 28.4 Å². The first-order valence-electron chi connectivity index (χ1n) is 5.72. The number of nitriles is 1. The summed E-state index contributed by atoms with van der Waals surface area (Å²) in [6.07, 6.45) is 0.256. The van der Waals surface area contributed by atoms with Crippen LogP contribution in [0.3, 0.4) is 0 Å². The van der Waals surface area contributed by atoms with Gasteiger partial charge < -0.3 is 10.2 Å². The van der Waals surface area contributed by atoms with Crippen LogP contribution in [0.2, 0.25) is 0 Å². The zero-order valence-corrected chi connectivity index (χ0v) is 11.3. The van der Waals surface area contributed by atoms with Crippen LogP contribution in [0.25, 0.3) is 0 Å². The fourth-order valence-corrected chi connectivity index (χ4v) is 1.60. The van der Waals surface area contributed by atoms with Crippen molar-refractivity contribution in [3.05, 3.63) is 15.8 Å². The van der Waals surface area contributed by atoms with E-state index in [1.165, 1.54) is 0 Å². The third kappa shape index (κ3) is 3.07. The van der Waals surface area contributed by atoms with E-state index in [9.17, 15) is 10.1 Å². The van der Waals surface area contributed by atoms with Crippen LogP contribution in [0.4, 0.5) is 17.5 Å². The van der Waals surface area contributed by atoms with Crippen LogP contribution < -0.4 is 10.2 Å². The van der Waals surface area contributed by atoms with Crippen molar-refractivity contribution in [1.29, 1.82) is 5.26 Å². The summed E-state index contributed by atoms with van der Waals surface area (Å²) in [5, 5.41) is 22.6. The Hall–Kier alpha value is -2.43. The van der Waals surface area contributed by atoms with Gasteiger partial charge in [0.2, 0.25) is 11.8 Å². The molecule has 1 aromatic rings. The van der Waals surface area contributed by atoms with Crippen LogP contribution in [-0.2, 0) is 0 Å². The molecule has 0 spiro atoms. The molecule has 102 valence electrons. The van der Waals surface area contributed by atoms with Crippen molar-refractivity contribution in [2.24, 2.45) is 0 Å². The number of anilines is 2. The van der Waals surface area contributed by atoms with E-state index in [1.54, 1.807) is 25.9 Å². The summed E-state index contributed by atoms with van der Waals surface area (Å²) < 4.78 is 0. The highest BCUT2D eigenvalue weighted by molar-refractivity contribution is 5.62. The molecule has 1 aromatic heterocycles. The van der Waals surface area contributed by atoms with Crippen LogP contribution >= 0.6 is 0 Å². The minimum atomic E-state index is -0.500. The molecular formula is C11H16N6O2. The van der Waals surface area contributed by atoms with Gasteiger partial charge in [-0.3, -0.25) is 10.1 Å². The minimum absolute atomic E-state index is 0.133. The Morgan fingerprint density at radius 1 is 1.58 bits per heavy atom. The number of aryl methyl sites for hydroxylation is 1. The monoisotopic (exact) mass is 264 g/mol. The van der Waals surface area contributed by atoms with E-state index in [4.69, 9.17) is 5.26 Å². The lowest BCUT2D eigenvalue weighted by Crippen LogP contribution is -2.30. The second kappa shape index (κ2) is 5.95. The molecule has 1 rings (SSSR count). The van der Waals surface area contributed by atoms with Crippen molar-refractivity contribution in [1.82, 2.24) is 9.97 Å². The average molecular weight is 264 g/mol. The van der Waals surface area contributed by atoms with Gasteiger partial charge in [0.1, 0.15) is 5.69 Å². The second-order valence-electron chi connectivity index (χ2n) is 4.13. The van der Waals surface area contributed by atoms with Crippen molar-refractivity contribution in [3.63, 3.8) is 0 Å². The number of hydrogen-bond acceptors (Lipinski definition) is 7. The van der Waals surface area contributed by atoms with Gasteiger partial charge in [0.05, 0.1) is 17.4 Å². The van der Waals surface area contributed by atoms with Gasteiger partial charge in [0.25, 0.3) is 0 Å². The number of nitro groups is 1. The Balaban J connectivity index is 3.34. The first kappa shape index (κ1) is 14.6. The van der Waals surface area contributed by atoms with E-state index in [1.807, 2.05) is 13.0 Å². The minimum Gasteiger partial charge on any atom is -0.357 e. The molecule has 0 aliphatic heterocycles. The van der Waals surface area contributed by atoms with Gasteiger partial charge in [-0.25, -0.2) is 4.98 Å². The molecule has 19 heavy (non-hydrogen) atoms. The molecule has 0 fully saturated rings. The van der Waals surface area contributed by atoms with E-state index >= 15 is 0 Å². The van der Waals surface area contributed by atoms with E-state index in [-0.39, 0.29) is 29.7 Å². The molecule has 1 atom stereocenters. The molecule has 8 nitrogen and oxygen atoms in total. The maximum absolute atomic E-state index is 11.1. The summed E-state index contributed by atoms with van der Waals surface area (Å²) in [5.74, 6) is 0.527. The van der Waals surface area contributed by atoms with Crippen LogP contribution in [0.5, 0.6) is 0 Å². The molecule has 0 aliphatic rings. The molecular weight excluding hydrogens is 248 g/mol. The van der Waals surface area contributed by atoms with Gasteiger partial charge in [-0.1, -0.05) is 0 Å². The Labute approximate surface area is 111 Å². The number of nitrogens with one attached hydrogen (secondary N) is 1. The number of aromatic nitrogens is 2. The number of rotatable bonds is 5. The summed E-state index contributed by atoms with van der Waals surface area (Å²) in [6.45, 7) is 3.37. The zero-order chi connectivity index (χ0) is 14.6. The second-order valence-corrected chi connectivity index (χ2v) is 4.13. The first-order valence-corrected chi connectivity index (χ1v) is 5.72. The highest BCUT2D eigenvalue weighted by atomic mass is 16.6. The summed E-state index contributed by atoms with van der Waals surface area (Å²) >= 11 is 0. The highest BCUT2D eigenvalue weighted by Crippen LogP contribution is 2.30. The Bertz CT molecular complexity index is 525. The van der Waals surface area contributed by atoms with Crippen LogP contribution in [-0.4, -0.2) is 35.0 Å². The largest absolute Gasteiger partial charge is 0.357 e. The topological polar surface area (TPSA) is 108 Å². The van der Waals surface area contributed by atoms with Gasteiger partial charge in [0, 0.05) is 20.1 Å². The van der Waals surface area contributed by atoms with Crippen molar-refractivity contribution in [2.45, 2.75) is 26.3 Å². The van der Waals surface area contributed by atoms with E-state index in [2.05, 4.69) is 15.3 Å². The molecule has 0 aromatic carbocycles. The summed E-state index contributed by atoms with van der Waals surface area (Å²) in [4.78, 5) is 20.4. The smallest absolute Gasteiger partial charge is 0.332 e. The van der Waals surface area contributed by atoms with E-state index < -0.39 is 4.92 Å². The first-order chi connectivity index (χ1) is 8.92. The molecule has 8 heteroatoms. The number of hydrogen-bond donors (Lipinski definition) is 1. The van der Waals surface area contributed by atoms with Gasteiger partial charge in [-0.05, 0) is 13.8 Å². The lowest BCUT2D eigenvalue weighted by Gasteiger charge is -2.24. The van der Waals surface area contributed by atoms with E-state index in [0.717, 1.165) is 0 Å². The molecule has 1 unspecified atom stereocenters. The molecule has 1 N–H and O–H groups in total. The average Bonchev–Trinajstić information content (AvgIpc) is 2.36. The van der Waals surface area contributed by atoms with Crippen molar-refractivity contribution >= 4 is 17.5 Å². The molecule has 1 heterocycles. The fourth-order valence-electron chi connectivity index (χ4n) is 1.60. The van der Waals surface area contributed by atoms with Crippen LogP contribution in [0.1, 0.15) is 19.0 Å². The Morgan fingerprint density at radius 2 is 2.21 bits per heavy atom. The van der Waals surface area contributed by atoms with Gasteiger partial charge in [-0.2, -0.15) is 10.2 Å². The zero-order valence-electron chi connectivity index (χ0n) is 11.3. The third-order valence-corrected chi connectivity index (χ3v) is 2.83. The van der Waals surface area contributed by atoms with Gasteiger partial charge in [-0.15, -0.1) is 0 Å². The number of nitrogens with zero attached hydrogens (tertiary/aromatic N) is 5. The SMILES string of the molecule is CNc1nc(C)c([N+](=O)[O-])c(N(C)C(C)CC#N)n1. The maximum atomic E-state index is 11.1. The molecule has 0 bridgehead atoms. The van der Waals surface area contributed by atoms with Crippen molar-refractivity contribution in [3.8, 4) is 6.07 Å². The maximum Gasteiger partial charge on any atom is 0.332 e. The summed E-state index contributed by atoms with van der Waals surface area (Å²) in [5.41, 5.74) is 0.154. The van der Waals surface area contributed by atoms with Gasteiger partial charge >= 0.3 is 5.69 Å². The normalized spacial score (nSPS) is 11.5. The Morgan fingerprint density at radius 3 is 2.68 bits per heavy atom. The van der Waals surface area contributed by atoms with E-state index in [0.29, 0.717) is 5.95 Å². The third-order valence-electron chi connectivity index (χ3n) is 2.83. The quantitative estimate of drug-likeness (QED) is 0.633. The Kier molecular flexibility index (Phi) is 4.58. The van der Waals surface area contributed by atoms with Gasteiger partial charge in [0.15, 0.2) is 0 Å². The summed E-state index contributed by atoms with van der Waals surface area (Å²) in [6, 6.07) is 1.86. The van der Waals surface area contributed by atoms with Crippen molar-refractivity contribution in [2.75, 3.05) is 24.3 Å². The van der Waals surface area contributed by atoms with Crippen molar-refractivity contribution < 1.29 is 4.92 Å². The standard InChI is InChI=1S/C11H16N6O2/c1-7(5-6-12)16(4)10-9(17(18)19)8(2)14-11(13-3)15-10/h7H,5H2,1-4H3,(H,13,14,15). The predicted octanol–water partition coefficient (Wildman–Crippen LogP) is 1.47. The lowest BCUT2D eigenvalue weighted by atomic mass is 10.2. The predicted molar refractivity (Wildman–Crippen MR) is 71.1 cm³/mol. The van der Waals surface area contributed by atoms with Crippen LogP contribution in [0.15, 0.2) is 0 Å². The fraction of sp³-hybridized carbons (Fsp3) is 0.545. The molecule has 0 saturated heterocycles. The molecule has 0 radical (unpaired) electrons. The molecule has 0 saturated carbocycles. The molecule has 0 amide bonds. The lowest BCUT2D eigenvalue weighted by molar-refractivity contribution is -0.385.